The highest BCUT2D eigenvalue weighted by Crippen LogP contribution is 2.60. The fourth-order valence-corrected chi connectivity index (χ4v) is 10.2. The van der Waals surface area contributed by atoms with Crippen molar-refractivity contribution in [3.05, 3.63) is 99.6 Å². The minimum atomic E-state index is -3.65. The van der Waals surface area contributed by atoms with Crippen LogP contribution in [0.5, 0.6) is 0 Å². The van der Waals surface area contributed by atoms with Gasteiger partial charge >= 0.3 is 6.09 Å². The number of ether oxygens (including phenoxy) is 2. The van der Waals surface area contributed by atoms with E-state index in [9.17, 15) is 29.6 Å². The summed E-state index contributed by atoms with van der Waals surface area (Å²) in [5.74, 6) is -1.65. The van der Waals surface area contributed by atoms with Crippen LogP contribution in [-0.2, 0) is 37.8 Å². The van der Waals surface area contributed by atoms with Crippen LogP contribution in [0.2, 0.25) is 18.6 Å². The maximum atomic E-state index is 16.4. The Hall–Kier alpha value is -4.66. The molecule has 4 atom stereocenters. The first-order valence-corrected chi connectivity index (χ1v) is 19.2. The lowest BCUT2D eigenvalue weighted by Gasteiger charge is -2.31. The highest BCUT2D eigenvalue weighted by molar-refractivity contribution is 6.72. The first-order chi connectivity index (χ1) is 23.3. The number of amides is 3. The van der Waals surface area contributed by atoms with E-state index in [0.717, 1.165) is 5.56 Å². The van der Waals surface area contributed by atoms with Crippen molar-refractivity contribution in [1.82, 2.24) is 4.90 Å². The number of cyclic esters (lactones) is 1. The van der Waals surface area contributed by atoms with Gasteiger partial charge in [0.05, 0.1) is 42.8 Å². The van der Waals surface area contributed by atoms with E-state index in [1.807, 2.05) is 30.3 Å². The number of nitrogens with zero attached hydrogens (tertiary/aromatic N) is 4. The number of rotatable bonds is 11. The average molecular weight is 691 g/mol. The topological polar surface area (TPSA) is 143 Å². The fourth-order valence-electron chi connectivity index (χ4n) is 7.66. The van der Waals surface area contributed by atoms with Crippen molar-refractivity contribution < 1.29 is 38.0 Å². The Labute approximate surface area is 284 Å². The van der Waals surface area contributed by atoms with Crippen LogP contribution in [-0.4, -0.2) is 73.7 Å². The Bertz CT molecular complexity index is 1770. The van der Waals surface area contributed by atoms with E-state index >= 15 is 4.11 Å². The molecule has 12 nitrogen and oxygen atoms in total. The van der Waals surface area contributed by atoms with Gasteiger partial charge in [-0.15, -0.1) is 0 Å². The number of carbonyl (C=O) groups is 3. The van der Waals surface area contributed by atoms with Gasteiger partial charge in [-0.2, -0.15) is 0 Å². The molecule has 0 bridgehead atoms. The number of non-ortho nitro benzene ring substituents is 1. The van der Waals surface area contributed by atoms with Gasteiger partial charge in [0, 0.05) is 47.9 Å². The smallest absolute Gasteiger partial charge is 0.414 e. The Morgan fingerprint density at radius 2 is 1.84 bits per heavy atom. The van der Waals surface area contributed by atoms with Gasteiger partial charge < -0.3 is 28.5 Å². The summed E-state index contributed by atoms with van der Waals surface area (Å²) < 4.78 is 28.1. The van der Waals surface area contributed by atoms with E-state index < -0.39 is 48.5 Å². The molecule has 3 aliphatic heterocycles. The summed E-state index contributed by atoms with van der Waals surface area (Å²) in [6.07, 6.45) is -1.72. The Kier molecular flexibility index (Phi) is 9.31. The summed E-state index contributed by atoms with van der Waals surface area (Å²) in [6.45, 7) is 5.46. The first kappa shape index (κ1) is 34.2. The number of anilines is 2. The lowest BCUT2D eigenvalue weighted by molar-refractivity contribution is -0.385. The molecule has 0 unspecified atom stereocenters. The largest absolute Gasteiger partial charge is 0.447 e. The van der Waals surface area contributed by atoms with Crippen LogP contribution in [0.4, 0.5) is 26.0 Å². The Morgan fingerprint density at radius 3 is 2.49 bits per heavy atom. The maximum absolute atomic E-state index is 16.4. The van der Waals surface area contributed by atoms with Crippen molar-refractivity contribution >= 4 is 43.4 Å². The number of benzene rings is 3. The summed E-state index contributed by atoms with van der Waals surface area (Å²) >= 11 is 0. The highest BCUT2D eigenvalue weighted by Gasteiger charge is 2.67. The number of halogens is 1. The minimum absolute atomic E-state index is 0.0459. The van der Waals surface area contributed by atoms with Gasteiger partial charge in [-0.3, -0.25) is 24.6 Å². The number of aliphatic hydroxyl groups excluding tert-OH is 1. The van der Waals surface area contributed by atoms with Gasteiger partial charge in [0.1, 0.15) is 6.61 Å². The molecular formula is C35H39FN4O8Si. The van der Waals surface area contributed by atoms with Crippen LogP contribution in [0.1, 0.15) is 30.0 Å². The molecule has 3 aliphatic rings. The summed E-state index contributed by atoms with van der Waals surface area (Å²) in [5, 5.41) is 21.7. The van der Waals surface area contributed by atoms with Crippen molar-refractivity contribution in [3.8, 4) is 0 Å². The molecular weight excluding hydrogens is 651 g/mol. The highest BCUT2D eigenvalue weighted by atomic mass is 28.4. The number of fused-ring (bicyclic) bond motifs is 2. The second kappa shape index (κ2) is 13.3. The molecule has 0 radical (unpaired) electrons. The normalized spacial score (nSPS) is 23.2. The number of nitro groups is 1. The predicted molar refractivity (Wildman–Crippen MR) is 181 cm³/mol. The number of carbonyl (C=O) groups excluding carboxylic acids is 3. The third-order valence-corrected chi connectivity index (χ3v) is 12.3. The first-order valence-electron chi connectivity index (χ1n) is 16.3. The molecule has 6 rings (SSSR count). The molecule has 3 heterocycles. The number of hydrogen-bond acceptors (Lipinski definition) is 8. The van der Waals surface area contributed by atoms with Gasteiger partial charge in [0.2, 0.25) is 14.3 Å². The van der Waals surface area contributed by atoms with Crippen LogP contribution >= 0.6 is 0 Å². The molecule has 0 aromatic heterocycles. The Morgan fingerprint density at radius 1 is 1.10 bits per heavy atom. The number of hydrogen-bond donors (Lipinski definition) is 1. The van der Waals surface area contributed by atoms with Crippen LogP contribution in [0.15, 0.2) is 72.8 Å². The van der Waals surface area contributed by atoms with Crippen molar-refractivity contribution in [3.63, 3.8) is 0 Å². The Balaban J connectivity index is 1.37. The predicted octanol–water partition coefficient (Wildman–Crippen LogP) is 5.28. The summed E-state index contributed by atoms with van der Waals surface area (Å²) in [7, 11) is -3.65. The van der Waals surface area contributed by atoms with E-state index in [0.29, 0.717) is 23.5 Å². The van der Waals surface area contributed by atoms with Crippen LogP contribution in [0, 0.1) is 16.0 Å². The van der Waals surface area contributed by atoms with Crippen LogP contribution in [0.3, 0.4) is 0 Å². The van der Waals surface area contributed by atoms with E-state index in [4.69, 9.17) is 9.47 Å². The zero-order valence-electron chi connectivity index (χ0n) is 27.6. The number of nitro benzene ring substituents is 1. The molecule has 3 aromatic carbocycles. The minimum Gasteiger partial charge on any atom is -0.447 e. The van der Waals surface area contributed by atoms with Crippen LogP contribution in [0.25, 0.3) is 0 Å². The molecule has 1 N–H and O–H groups in total. The molecule has 1 spiro atoms. The molecule has 14 heteroatoms. The summed E-state index contributed by atoms with van der Waals surface area (Å²) in [6, 6.07) is 20.5. The van der Waals surface area contributed by atoms with Crippen LogP contribution < -0.4 is 9.80 Å². The van der Waals surface area contributed by atoms with E-state index in [-0.39, 0.29) is 56.4 Å². The second-order valence-corrected chi connectivity index (χ2v) is 17.1. The molecule has 3 amide bonds. The van der Waals surface area contributed by atoms with Gasteiger partial charge in [0.15, 0.2) is 5.60 Å². The van der Waals surface area contributed by atoms with E-state index in [2.05, 4.69) is 0 Å². The quantitative estimate of drug-likeness (QED) is 0.124. The van der Waals surface area contributed by atoms with Crippen molar-refractivity contribution in [2.45, 2.75) is 56.8 Å². The summed E-state index contributed by atoms with van der Waals surface area (Å²) in [4.78, 5) is 56.7. The van der Waals surface area contributed by atoms with E-state index in [1.165, 1.54) is 46.0 Å². The third kappa shape index (κ3) is 6.31. The summed E-state index contributed by atoms with van der Waals surface area (Å²) in [5.41, 5.74) is -0.0644. The molecule has 258 valence electrons. The lowest BCUT2D eigenvalue weighted by Crippen LogP contribution is -2.45. The zero-order valence-corrected chi connectivity index (χ0v) is 28.6. The van der Waals surface area contributed by atoms with Crippen molar-refractivity contribution in [2.75, 3.05) is 36.1 Å². The van der Waals surface area contributed by atoms with Crippen molar-refractivity contribution in [2.24, 2.45) is 5.92 Å². The molecule has 2 saturated heterocycles. The SMILES string of the molecule is C[C@H]1[C@H]([Si](C)(C)F)[C@@H](CC(=O)N(CCO)Cc2ccccc2)O[C@]12C(=O)N(Cc1cccc(N3CCOC3=O)c1)c1ccc([N+](=O)[O-])cc12. The maximum Gasteiger partial charge on any atom is 0.414 e. The molecule has 0 saturated carbocycles. The average Bonchev–Trinajstić information content (AvgIpc) is 3.70. The molecule has 2 fully saturated rings. The van der Waals surface area contributed by atoms with E-state index in [1.54, 1.807) is 31.2 Å². The zero-order chi connectivity index (χ0) is 35.1. The monoisotopic (exact) mass is 690 g/mol. The fraction of sp³-hybridized carbons (Fsp3) is 0.400. The van der Waals surface area contributed by atoms with Gasteiger partial charge in [-0.25, -0.2) is 4.79 Å². The van der Waals surface area contributed by atoms with Gasteiger partial charge in [-0.1, -0.05) is 49.4 Å². The molecule has 3 aromatic rings. The van der Waals surface area contributed by atoms with Gasteiger partial charge in [0.25, 0.3) is 11.6 Å². The number of aliphatic hydroxyl groups is 1. The lowest BCUT2D eigenvalue weighted by atomic mass is 9.82. The molecule has 49 heavy (non-hydrogen) atoms. The third-order valence-electron chi connectivity index (χ3n) is 9.79. The second-order valence-electron chi connectivity index (χ2n) is 13.3. The molecule has 0 aliphatic carbocycles. The van der Waals surface area contributed by atoms with Gasteiger partial charge in [-0.05, 0) is 42.4 Å². The van der Waals surface area contributed by atoms with Crippen molar-refractivity contribution in [1.29, 1.82) is 0 Å². The standard InChI is InChI=1S/C35H39FN4O8Si/c1-23-32(49(2,3)36)30(20-31(42)37(14-16-41)21-24-8-5-4-6-9-24)48-35(23)28-19-27(40(45)46)12-13-29(28)39(33(35)43)22-25-10-7-11-26(18-25)38-15-17-47-34(38)44/h4-13,18-19,23,30,32,41H,14-17,20-22H2,1-3H3/t23-,30+,32-,35+/m0/s1.